The molecule has 0 aliphatic carbocycles. The summed E-state index contributed by atoms with van der Waals surface area (Å²) in [5, 5.41) is 15.1. The largest absolute Gasteiger partial charge is 0.379 e. The molecular formula is C40H64N6O6S. The Morgan fingerprint density at radius 2 is 1.57 bits per heavy atom. The van der Waals surface area contributed by atoms with E-state index in [9.17, 15) is 19.2 Å². The van der Waals surface area contributed by atoms with Crippen molar-refractivity contribution < 1.29 is 28.7 Å². The summed E-state index contributed by atoms with van der Waals surface area (Å²) in [4.78, 5) is 61.2. The van der Waals surface area contributed by atoms with Gasteiger partial charge < -0.3 is 35.6 Å². The highest BCUT2D eigenvalue weighted by Crippen LogP contribution is 2.29. The van der Waals surface area contributed by atoms with Gasteiger partial charge in [0.15, 0.2) is 0 Å². The van der Waals surface area contributed by atoms with E-state index < -0.39 is 36.3 Å². The van der Waals surface area contributed by atoms with Crippen LogP contribution in [0, 0.1) is 23.7 Å². The number of aromatic nitrogens is 1. The Labute approximate surface area is 320 Å². The average Bonchev–Trinajstić information content (AvgIpc) is 3.85. The molecule has 1 aromatic carbocycles. The molecule has 1 aromatic heterocycles. The molecule has 0 bridgehead atoms. The number of carbonyl (C=O) groups excluding carboxylic acids is 4. The van der Waals surface area contributed by atoms with E-state index >= 15 is 0 Å². The van der Waals surface area contributed by atoms with E-state index in [2.05, 4.69) is 26.3 Å². The maximum absolute atomic E-state index is 14.1. The van der Waals surface area contributed by atoms with Crippen LogP contribution in [-0.2, 0) is 35.1 Å². The summed E-state index contributed by atoms with van der Waals surface area (Å²) in [7, 11) is 4.88. The van der Waals surface area contributed by atoms with Crippen molar-refractivity contribution in [2.75, 3.05) is 27.8 Å². The number of rotatable bonds is 21. The van der Waals surface area contributed by atoms with Crippen molar-refractivity contribution in [2.45, 2.75) is 123 Å². The second-order valence-electron chi connectivity index (χ2n) is 15.0. The summed E-state index contributed by atoms with van der Waals surface area (Å²) in [6.07, 6.45) is 3.44. The topological polar surface area (TPSA) is 151 Å². The van der Waals surface area contributed by atoms with Crippen LogP contribution in [0.3, 0.4) is 0 Å². The second kappa shape index (κ2) is 21.5. The zero-order valence-corrected chi connectivity index (χ0v) is 34.2. The number of nitrogens with one attached hydrogen (secondary N) is 4. The molecule has 0 saturated carbocycles. The van der Waals surface area contributed by atoms with Gasteiger partial charge in [-0.2, -0.15) is 0 Å². The van der Waals surface area contributed by atoms with Gasteiger partial charge in [0.25, 0.3) is 0 Å². The van der Waals surface area contributed by atoms with Gasteiger partial charge in [-0.15, -0.1) is 11.3 Å². The minimum atomic E-state index is -0.766. The van der Waals surface area contributed by atoms with Crippen molar-refractivity contribution in [1.82, 2.24) is 31.2 Å². The fourth-order valence-corrected chi connectivity index (χ4v) is 8.04. The Kier molecular flexibility index (Phi) is 17.8. The molecule has 9 atom stereocenters. The number of thiazole rings is 1. The summed E-state index contributed by atoms with van der Waals surface area (Å²) in [6.45, 7) is 14.1. The molecule has 2 unspecified atom stereocenters. The first-order chi connectivity index (χ1) is 25.3. The number of amides is 4. The Bertz CT molecular complexity index is 1430. The third-order valence-electron chi connectivity index (χ3n) is 10.7. The van der Waals surface area contributed by atoms with Crippen LogP contribution in [0.5, 0.6) is 0 Å². The molecule has 296 valence electrons. The first kappa shape index (κ1) is 44.0. The minimum absolute atomic E-state index is 0.0209. The summed E-state index contributed by atoms with van der Waals surface area (Å²) in [6, 6.07) is 7.70. The lowest BCUT2D eigenvalue weighted by atomic mass is 9.90. The van der Waals surface area contributed by atoms with Gasteiger partial charge in [0, 0.05) is 32.3 Å². The lowest BCUT2D eigenvalue weighted by Gasteiger charge is -2.37. The maximum Gasteiger partial charge on any atom is 0.243 e. The van der Waals surface area contributed by atoms with Crippen LogP contribution in [0.25, 0.3) is 0 Å². The summed E-state index contributed by atoms with van der Waals surface area (Å²) in [5.74, 6) is -1.54. The van der Waals surface area contributed by atoms with E-state index in [1.807, 2.05) is 89.1 Å². The quantitative estimate of drug-likeness (QED) is 0.145. The standard InChI is InChI=1S/C40H64N6O6S/c1-11-26(6)35(45-39(50)34(25(4)5)44-38(49)33(41-8)24(2)3)31(51-9)23-32(47)46-20-15-18-30(46)36(52-10)27(7)37(48)43-29(40-42-19-21-53-40)22-28-16-13-12-14-17-28/h12-14,16-17,19,21,24-27,29-31,33-36,41H,11,15,18,20,22-23H2,1-10H3,(H,43,48)(H,44,49)(H,45,50)/t26-,27+,29-,30-,31+,33?,34-,35?,36+/m0/s1. The molecule has 0 spiro atoms. The molecule has 1 aliphatic rings. The molecule has 1 saturated heterocycles. The van der Waals surface area contributed by atoms with E-state index in [1.54, 1.807) is 27.5 Å². The summed E-state index contributed by atoms with van der Waals surface area (Å²) >= 11 is 1.50. The van der Waals surface area contributed by atoms with Crippen LogP contribution in [0.4, 0.5) is 0 Å². The minimum Gasteiger partial charge on any atom is -0.379 e. The highest BCUT2D eigenvalue weighted by atomic mass is 32.1. The van der Waals surface area contributed by atoms with Gasteiger partial charge in [-0.3, -0.25) is 19.2 Å². The molecule has 0 radical (unpaired) electrons. The zero-order chi connectivity index (χ0) is 39.2. The number of carbonyl (C=O) groups is 4. The number of ether oxygens (including phenoxy) is 2. The number of hydrogen-bond donors (Lipinski definition) is 4. The van der Waals surface area contributed by atoms with Gasteiger partial charge in [0.1, 0.15) is 11.0 Å². The van der Waals surface area contributed by atoms with E-state index in [4.69, 9.17) is 9.47 Å². The molecule has 4 amide bonds. The molecule has 4 N–H and O–H groups in total. The van der Waals surface area contributed by atoms with Gasteiger partial charge in [0.05, 0.1) is 48.7 Å². The lowest BCUT2D eigenvalue weighted by molar-refractivity contribution is -0.143. The number of likely N-dealkylation sites (N-methyl/N-ethyl adjacent to an activating group) is 1. The number of hydrogen-bond acceptors (Lipinski definition) is 9. The molecule has 13 heteroatoms. The highest BCUT2D eigenvalue weighted by molar-refractivity contribution is 7.09. The van der Waals surface area contributed by atoms with Crippen molar-refractivity contribution in [1.29, 1.82) is 0 Å². The van der Waals surface area contributed by atoms with Crippen LogP contribution in [0.2, 0.25) is 0 Å². The third kappa shape index (κ3) is 12.1. The average molecular weight is 757 g/mol. The maximum atomic E-state index is 14.1. The monoisotopic (exact) mass is 756 g/mol. The number of nitrogens with zero attached hydrogens (tertiary/aromatic N) is 2. The van der Waals surface area contributed by atoms with E-state index in [0.29, 0.717) is 19.4 Å². The summed E-state index contributed by atoms with van der Waals surface area (Å²) < 4.78 is 12.0. The molecule has 2 aromatic rings. The van der Waals surface area contributed by atoms with Gasteiger partial charge in [0.2, 0.25) is 23.6 Å². The van der Waals surface area contributed by atoms with Crippen LogP contribution in [0.1, 0.15) is 90.8 Å². The number of likely N-dealkylation sites (tertiary alicyclic amines) is 1. The van der Waals surface area contributed by atoms with Gasteiger partial charge in [-0.05, 0) is 49.6 Å². The van der Waals surface area contributed by atoms with Crippen molar-refractivity contribution in [2.24, 2.45) is 23.7 Å². The van der Waals surface area contributed by atoms with Crippen LogP contribution < -0.4 is 21.3 Å². The fourth-order valence-electron chi connectivity index (χ4n) is 7.35. The van der Waals surface area contributed by atoms with Crippen molar-refractivity contribution >= 4 is 35.0 Å². The molecule has 2 heterocycles. The Hall–Kier alpha value is -3.39. The smallest absolute Gasteiger partial charge is 0.243 e. The highest BCUT2D eigenvalue weighted by Gasteiger charge is 2.42. The molecular weight excluding hydrogens is 693 g/mol. The van der Waals surface area contributed by atoms with Crippen molar-refractivity contribution in [3.63, 3.8) is 0 Å². The predicted molar refractivity (Wildman–Crippen MR) is 209 cm³/mol. The second-order valence-corrected chi connectivity index (χ2v) is 16.0. The van der Waals surface area contributed by atoms with Crippen LogP contribution >= 0.6 is 11.3 Å². The number of methoxy groups -OCH3 is 2. The van der Waals surface area contributed by atoms with E-state index in [0.717, 1.165) is 23.4 Å². The fraction of sp³-hybridized carbons (Fsp3) is 0.675. The summed E-state index contributed by atoms with van der Waals surface area (Å²) in [5.41, 5.74) is 1.09. The lowest BCUT2D eigenvalue weighted by Crippen LogP contribution is -2.59. The normalized spacial score (nSPS) is 19.2. The predicted octanol–water partition coefficient (Wildman–Crippen LogP) is 4.51. The van der Waals surface area contributed by atoms with E-state index in [1.165, 1.54) is 11.3 Å². The third-order valence-corrected chi connectivity index (χ3v) is 11.6. The first-order valence-electron chi connectivity index (χ1n) is 19.1. The van der Waals surface area contributed by atoms with Gasteiger partial charge in [-0.1, -0.05) is 85.2 Å². The Balaban J connectivity index is 1.75. The Morgan fingerprint density at radius 3 is 2.11 bits per heavy atom. The Morgan fingerprint density at radius 1 is 0.906 bits per heavy atom. The molecule has 3 rings (SSSR count). The molecule has 1 aliphatic heterocycles. The zero-order valence-electron chi connectivity index (χ0n) is 33.4. The molecule has 12 nitrogen and oxygen atoms in total. The van der Waals surface area contributed by atoms with E-state index in [-0.39, 0.29) is 59.9 Å². The molecule has 53 heavy (non-hydrogen) atoms. The number of benzene rings is 1. The van der Waals surface area contributed by atoms with Crippen LogP contribution in [-0.4, -0.2) is 97.7 Å². The SMILES string of the molecule is CC[C@H](C)C(NC(=O)[C@@H](NC(=O)C(NC)C(C)C)C(C)C)[C@@H](CC(=O)N1CCC[C@H]1[C@H](OC)[C@@H](C)C(=O)N[C@@H](Cc1ccccc1)c1nccs1)OC. The van der Waals surface area contributed by atoms with Gasteiger partial charge in [-0.25, -0.2) is 4.98 Å². The van der Waals surface area contributed by atoms with Crippen molar-refractivity contribution in [3.8, 4) is 0 Å². The first-order valence-corrected chi connectivity index (χ1v) is 20.0. The van der Waals surface area contributed by atoms with Crippen molar-refractivity contribution in [3.05, 3.63) is 52.5 Å². The molecule has 1 fully saturated rings. The van der Waals surface area contributed by atoms with Gasteiger partial charge >= 0.3 is 0 Å². The van der Waals surface area contributed by atoms with Crippen LogP contribution in [0.15, 0.2) is 41.9 Å².